The fourth-order valence-electron chi connectivity index (χ4n) is 2.78. The van der Waals surface area contributed by atoms with Gasteiger partial charge in [0.05, 0.1) is 18.1 Å². The van der Waals surface area contributed by atoms with E-state index in [2.05, 4.69) is 10.2 Å². The second kappa shape index (κ2) is 6.87. The van der Waals surface area contributed by atoms with Crippen LogP contribution < -0.4 is 5.32 Å². The lowest BCUT2D eigenvalue weighted by atomic mass is 9.91. The maximum absolute atomic E-state index is 12.0. The van der Waals surface area contributed by atoms with Gasteiger partial charge in [0.25, 0.3) is 0 Å². The van der Waals surface area contributed by atoms with Crippen LogP contribution in [0.3, 0.4) is 0 Å². The van der Waals surface area contributed by atoms with Crippen molar-refractivity contribution in [1.29, 1.82) is 0 Å². The van der Waals surface area contributed by atoms with Crippen molar-refractivity contribution in [3.63, 3.8) is 0 Å². The third-order valence-corrected chi connectivity index (χ3v) is 5.91. The Kier molecular flexibility index (Phi) is 5.40. The van der Waals surface area contributed by atoms with Gasteiger partial charge in [-0.3, -0.25) is 9.69 Å². The van der Waals surface area contributed by atoms with E-state index in [0.717, 1.165) is 19.4 Å². The monoisotopic (exact) mass is 304 g/mol. The van der Waals surface area contributed by atoms with Gasteiger partial charge in [-0.05, 0) is 25.7 Å². The summed E-state index contributed by atoms with van der Waals surface area (Å²) in [6.45, 7) is 1.16. The van der Waals surface area contributed by atoms with E-state index in [9.17, 15) is 13.2 Å². The van der Waals surface area contributed by atoms with Crippen molar-refractivity contribution >= 4 is 15.7 Å². The van der Waals surface area contributed by atoms with Gasteiger partial charge in [-0.2, -0.15) is 0 Å². The molecule has 0 spiro atoms. The first-order valence-corrected chi connectivity index (χ1v) is 9.17. The third kappa shape index (κ3) is 4.43. The minimum Gasteiger partial charge on any atom is -0.396 e. The molecule has 2 aliphatic rings. The van der Waals surface area contributed by atoms with Crippen LogP contribution in [0.5, 0.6) is 0 Å². The molecule has 0 aromatic heterocycles. The summed E-state index contributed by atoms with van der Waals surface area (Å²) in [6, 6.07) is 0.216. The van der Waals surface area contributed by atoms with Gasteiger partial charge in [0.2, 0.25) is 5.91 Å². The molecule has 2 rings (SSSR count). The molecule has 0 aromatic rings. The number of carbonyl (C=O) groups is 1. The Morgan fingerprint density at radius 1 is 1.30 bits per heavy atom. The van der Waals surface area contributed by atoms with Crippen molar-refractivity contribution in [1.82, 2.24) is 10.2 Å². The lowest BCUT2D eigenvalue weighted by Crippen LogP contribution is -2.48. The molecule has 0 bridgehead atoms. The minimum absolute atomic E-state index is 0.0683. The highest BCUT2D eigenvalue weighted by Crippen LogP contribution is 2.24. The second-order valence-electron chi connectivity index (χ2n) is 5.80. The molecule has 0 aromatic carbocycles. The molecule has 1 saturated heterocycles. The van der Waals surface area contributed by atoms with E-state index in [1.807, 2.05) is 0 Å². The number of aliphatic hydroxyl groups excluding tert-OH is 1. The summed E-state index contributed by atoms with van der Waals surface area (Å²) >= 11 is 0. The molecule has 1 unspecified atom stereocenters. The first-order chi connectivity index (χ1) is 9.50. The Labute approximate surface area is 120 Å². The summed E-state index contributed by atoms with van der Waals surface area (Å²) in [5.74, 6) is 0.144. The van der Waals surface area contributed by atoms with Crippen LogP contribution in [0.25, 0.3) is 0 Å². The quantitative estimate of drug-likeness (QED) is 0.664. The molecule has 1 amide bonds. The van der Waals surface area contributed by atoms with Crippen LogP contribution in [-0.4, -0.2) is 67.6 Å². The van der Waals surface area contributed by atoms with E-state index in [1.165, 1.54) is 6.42 Å². The summed E-state index contributed by atoms with van der Waals surface area (Å²) in [7, 11) is -2.95. The predicted octanol–water partition coefficient (Wildman–Crippen LogP) is -0.473. The zero-order valence-corrected chi connectivity index (χ0v) is 12.6. The summed E-state index contributed by atoms with van der Waals surface area (Å²) in [4.78, 5) is 14.1. The topological polar surface area (TPSA) is 86.7 Å². The Balaban J connectivity index is 1.78. The largest absolute Gasteiger partial charge is 0.396 e. The van der Waals surface area contributed by atoms with E-state index < -0.39 is 9.84 Å². The van der Waals surface area contributed by atoms with Gasteiger partial charge in [0.15, 0.2) is 9.84 Å². The molecule has 20 heavy (non-hydrogen) atoms. The normalized spacial score (nSPS) is 25.6. The molecule has 116 valence electrons. The number of rotatable bonds is 7. The van der Waals surface area contributed by atoms with Crippen LogP contribution in [0.15, 0.2) is 0 Å². The van der Waals surface area contributed by atoms with Crippen molar-refractivity contribution in [2.24, 2.45) is 0 Å². The SMILES string of the molecule is O=C(CN(CCCO)C1CCC1)NC1CCS(=O)(=O)C1. The fraction of sp³-hybridized carbons (Fsp3) is 0.923. The van der Waals surface area contributed by atoms with Gasteiger partial charge < -0.3 is 10.4 Å². The average molecular weight is 304 g/mol. The van der Waals surface area contributed by atoms with Crippen molar-refractivity contribution in [2.45, 2.75) is 44.2 Å². The summed E-state index contributed by atoms with van der Waals surface area (Å²) in [5, 5.41) is 11.7. The Hall–Kier alpha value is -0.660. The van der Waals surface area contributed by atoms with E-state index in [-0.39, 0.29) is 30.1 Å². The van der Waals surface area contributed by atoms with E-state index >= 15 is 0 Å². The van der Waals surface area contributed by atoms with Gasteiger partial charge in [-0.25, -0.2) is 8.42 Å². The number of amides is 1. The molecule has 1 saturated carbocycles. The maximum atomic E-state index is 12.0. The van der Waals surface area contributed by atoms with Crippen LogP contribution in [0, 0.1) is 0 Å². The van der Waals surface area contributed by atoms with Crippen LogP contribution in [-0.2, 0) is 14.6 Å². The van der Waals surface area contributed by atoms with Gasteiger partial charge in [-0.1, -0.05) is 6.42 Å². The molecule has 1 aliphatic heterocycles. The molecule has 1 aliphatic carbocycles. The minimum atomic E-state index is -2.95. The summed E-state index contributed by atoms with van der Waals surface area (Å²) in [6.07, 6.45) is 4.60. The van der Waals surface area contributed by atoms with Crippen molar-refractivity contribution in [3.05, 3.63) is 0 Å². The number of nitrogens with zero attached hydrogens (tertiary/aromatic N) is 1. The van der Waals surface area contributed by atoms with Gasteiger partial charge in [-0.15, -0.1) is 0 Å². The number of hydrogen-bond acceptors (Lipinski definition) is 5. The maximum Gasteiger partial charge on any atom is 0.234 e. The van der Waals surface area contributed by atoms with E-state index in [1.54, 1.807) is 0 Å². The van der Waals surface area contributed by atoms with E-state index in [4.69, 9.17) is 5.11 Å². The van der Waals surface area contributed by atoms with Crippen molar-refractivity contribution in [2.75, 3.05) is 31.2 Å². The second-order valence-corrected chi connectivity index (χ2v) is 8.03. The molecular formula is C13H24N2O4S. The fourth-order valence-corrected chi connectivity index (χ4v) is 4.46. The molecular weight excluding hydrogens is 280 g/mol. The Morgan fingerprint density at radius 3 is 2.55 bits per heavy atom. The number of sulfone groups is 1. The molecule has 1 atom stereocenters. The number of carbonyl (C=O) groups excluding carboxylic acids is 1. The molecule has 6 nitrogen and oxygen atoms in total. The predicted molar refractivity (Wildman–Crippen MR) is 76.1 cm³/mol. The lowest BCUT2D eigenvalue weighted by molar-refractivity contribution is -0.123. The van der Waals surface area contributed by atoms with E-state index in [0.29, 0.717) is 25.4 Å². The molecule has 0 radical (unpaired) electrons. The first kappa shape index (κ1) is 15.7. The zero-order valence-electron chi connectivity index (χ0n) is 11.8. The summed E-state index contributed by atoms with van der Waals surface area (Å²) in [5.41, 5.74) is 0. The highest BCUT2D eigenvalue weighted by molar-refractivity contribution is 7.91. The highest BCUT2D eigenvalue weighted by Gasteiger charge is 2.30. The van der Waals surface area contributed by atoms with Crippen molar-refractivity contribution in [3.8, 4) is 0 Å². The van der Waals surface area contributed by atoms with Gasteiger partial charge in [0, 0.05) is 25.2 Å². The van der Waals surface area contributed by atoms with Crippen LogP contribution in [0.4, 0.5) is 0 Å². The average Bonchev–Trinajstić information content (AvgIpc) is 2.63. The zero-order chi connectivity index (χ0) is 14.6. The standard InChI is InChI=1S/C13H24N2O4S/c16-7-2-6-15(12-3-1-4-12)9-13(17)14-11-5-8-20(18,19)10-11/h11-12,16H,1-10H2,(H,14,17). The number of aliphatic hydroxyl groups is 1. The first-order valence-electron chi connectivity index (χ1n) is 7.35. The summed E-state index contributed by atoms with van der Waals surface area (Å²) < 4.78 is 22.7. The molecule has 7 heteroatoms. The molecule has 1 heterocycles. The van der Waals surface area contributed by atoms with Crippen LogP contribution in [0.2, 0.25) is 0 Å². The lowest BCUT2D eigenvalue weighted by Gasteiger charge is -2.37. The number of nitrogens with one attached hydrogen (secondary N) is 1. The smallest absolute Gasteiger partial charge is 0.234 e. The number of hydrogen-bond donors (Lipinski definition) is 2. The Bertz CT molecular complexity index is 434. The molecule has 2 fully saturated rings. The third-order valence-electron chi connectivity index (χ3n) is 4.14. The Morgan fingerprint density at radius 2 is 2.05 bits per heavy atom. The van der Waals surface area contributed by atoms with Gasteiger partial charge >= 0.3 is 0 Å². The van der Waals surface area contributed by atoms with Crippen molar-refractivity contribution < 1.29 is 18.3 Å². The molecule has 2 N–H and O–H groups in total. The van der Waals surface area contributed by atoms with Crippen LogP contribution in [0.1, 0.15) is 32.1 Å². The van der Waals surface area contributed by atoms with Gasteiger partial charge in [0.1, 0.15) is 0 Å². The van der Waals surface area contributed by atoms with Crippen LogP contribution >= 0.6 is 0 Å². The highest BCUT2D eigenvalue weighted by atomic mass is 32.2.